The van der Waals surface area contributed by atoms with Crippen molar-refractivity contribution in [1.29, 1.82) is 0 Å². The van der Waals surface area contributed by atoms with Crippen molar-refractivity contribution in [3.63, 3.8) is 0 Å². The molecule has 0 atom stereocenters. The average Bonchev–Trinajstić information content (AvgIpc) is 3.20. The van der Waals surface area contributed by atoms with Crippen molar-refractivity contribution >= 4 is 23.8 Å². The van der Waals surface area contributed by atoms with Crippen molar-refractivity contribution in [3.8, 4) is 0 Å². The Morgan fingerprint density at radius 3 is 1.25 bits per heavy atom. The lowest BCUT2D eigenvalue weighted by Gasteiger charge is -2.15. The zero-order valence-corrected chi connectivity index (χ0v) is 30.7. The lowest BCUT2D eigenvalue weighted by Crippen LogP contribution is -2.39. The molecule has 2 N–H and O–H groups in total. The van der Waals surface area contributed by atoms with Gasteiger partial charge in [-0.25, -0.2) is 9.59 Å². The molecule has 0 aliphatic carbocycles. The molecule has 53 heavy (non-hydrogen) atoms. The molecule has 0 aliphatic heterocycles. The first-order chi connectivity index (χ1) is 25.7. The fourth-order valence-electron chi connectivity index (χ4n) is 4.35. The highest BCUT2D eigenvalue weighted by Crippen LogP contribution is 2.06. The van der Waals surface area contributed by atoms with E-state index in [1.54, 1.807) is 48.5 Å². The van der Waals surface area contributed by atoms with Crippen molar-refractivity contribution in [2.24, 2.45) is 0 Å². The Bertz CT molecular complexity index is 1760. The van der Waals surface area contributed by atoms with Gasteiger partial charge in [0.05, 0.1) is 27.4 Å². The summed E-state index contributed by atoms with van der Waals surface area (Å²) in [5, 5.41) is 5.23. The van der Waals surface area contributed by atoms with Crippen LogP contribution in [0.25, 0.3) is 0 Å². The van der Waals surface area contributed by atoms with E-state index >= 15 is 0 Å². The smallest absolute Gasteiger partial charge is 0.343 e. The molecule has 2 heterocycles. The molecule has 0 saturated carbocycles. The second-order valence-corrected chi connectivity index (χ2v) is 10.1. The lowest BCUT2D eigenvalue weighted by molar-refractivity contribution is 0.0560. The molecule has 0 radical (unpaired) electrons. The highest BCUT2D eigenvalue weighted by Gasteiger charge is 2.22. The monoisotopic (exact) mass is 734 g/mol. The van der Waals surface area contributed by atoms with Crippen LogP contribution in [0.1, 0.15) is 80.5 Å². The second kappa shape index (κ2) is 23.3. The number of amides is 2. The van der Waals surface area contributed by atoms with Crippen LogP contribution in [0.3, 0.4) is 0 Å². The first-order valence-electron chi connectivity index (χ1n) is 16.9. The first-order valence-corrected chi connectivity index (χ1v) is 16.9. The summed E-state index contributed by atoms with van der Waals surface area (Å²) in [5.41, 5.74) is -1.19. The largest absolute Gasteiger partial charge is 0.465 e. The predicted molar refractivity (Wildman–Crippen MR) is 196 cm³/mol. The number of benzene rings is 2. The Kier molecular flexibility index (Phi) is 18.9. The van der Waals surface area contributed by atoms with Gasteiger partial charge in [-0.1, -0.05) is 88.4 Å². The van der Waals surface area contributed by atoms with Gasteiger partial charge in [-0.15, -0.1) is 9.46 Å². The number of hydrogen-bond donors (Lipinski definition) is 2. The lowest BCUT2D eigenvalue weighted by atomic mass is 10.2. The number of carbonyl (C=O) groups is 4. The first kappa shape index (κ1) is 42.9. The maximum absolute atomic E-state index is 13.0. The van der Waals surface area contributed by atoms with Crippen molar-refractivity contribution in [3.05, 3.63) is 139 Å². The van der Waals surface area contributed by atoms with Crippen molar-refractivity contribution in [1.82, 2.24) is 20.1 Å². The van der Waals surface area contributed by atoms with E-state index in [1.807, 2.05) is 39.8 Å². The maximum atomic E-state index is 13.0. The standard InChI is InChI=1S/C34H34N4O11.2C2H6/c1-45-33(43)25-13-15-27(37(31(25)41)48-21-23-9-5-3-6-10-23)29(39)35-17-19-47-20-18-36-30(40)28-16-14-26(34(44)46-2)32(42)38(28)49-22-24-11-7-4-8-12-24;2*1-2/h3-16H,17-22H2,1-2H3,(H,35,39)(H,36,40);2*1-2H3. The highest BCUT2D eigenvalue weighted by atomic mass is 16.7. The molecule has 0 saturated heterocycles. The Labute approximate surface area is 307 Å². The van der Waals surface area contributed by atoms with E-state index < -0.39 is 34.9 Å². The molecule has 2 aromatic carbocycles. The van der Waals surface area contributed by atoms with Crippen molar-refractivity contribution in [2.75, 3.05) is 40.5 Å². The molecule has 2 amide bonds. The maximum Gasteiger partial charge on any atom is 0.343 e. The van der Waals surface area contributed by atoms with E-state index in [0.29, 0.717) is 0 Å². The van der Waals surface area contributed by atoms with Crippen LogP contribution in [0, 0.1) is 0 Å². The quantitative estimate of drug-likeness (QED) is 0.128. The van der Waals surface area contributed by atoms with Gasteiger partial charge in [0.1, 0.15) is 35.7 Å². The van der Waals surface area contributed by atoms with Gasteiger partial charge in [-0.05, 0) is 35.4 Å². The number of carbonyl (C=O) groups excluding carboxylic acids is 4. The van der Waals surface area contributed by atoms with Gasteiger partial charge in [-0.2, -0.15) is 0 Å². The molecular weight excluding hydrogens is 688 g/mol. The fraction of sp³-hybridized carbons (Fsp3) is 0.316. The third-order valence-corrected chi connectivity index (χ3v) is 6.83. The van der Waals surface area contributed by atoms with E-state index in [-0.39, 0.29) is 62.0 Å². The summed E-state index contributed by atoms with van der Waals surface area (Å²) in [5.74, 6) is -3.09. The Morgan fingerprint density at radius 2 is 0.906 bits per heavy atom. The van der Waals surface area contributed by atoms with E-state index in [9.17, 15) is 28.8 Å². The summed E-state index contributed by atoms with van der Waals surface area (Å²) in [7, 11) is 2.26. The molecule has 0 aliphatic rings. The Hall–Kier alpha value is -6.22. The van der Waals surface area contributed by atoms with Gasteiger partial charge in [0.2, 0.25) is 0 Å². The zero-order chi connectivity index (χ0) is 39.2. The number of pyridine rings is 2. The van der Waals surface area contributed by atoms with Gasteiger partial charge in [0.25, 0.3) is 22.9 Å². The van der Waals surface area contributed by atoms with Crippen LogP contribution in [-0.4, -0.2) is 73.7 Å². The van der Waals surface area contributed by atoms with Crippen LogP contribution >= 0.6 is 0 Å². The highest BCUT2D eigenvalue weighted by molar-refractivity contribution is 5.95. The molecule has 0 spiro atoms. The SMILES string of the molecule is CC.CC.COC(=O)c1ccc(C(=O)NCCOCCNC(=O)c2ccc(C(=O)OC)c(=O)n2OCc2ccccc2)n(OCc2ccccc2)c1=O. The number of nitrogens with one attached hydrogen (secondary N) is 2. The van der Waals surface area contributed by atoms with Crippen LogP contribution in [0.15, 0.2) is 94.5 Å². The van der Waals surface area contributed by atoms with Crippen LogP contribution in [-0.2, 0) is 27.4 Å². The van der Waals surface area contributed by atoms with Crippen LogP contribution < -0.4 is 31.4 Å². The minimum Gasteiger partial charge on any atom is -0.465 e. The number of aromatic nitrogens is 2. The van der Waals surface area contributed by atoms with E-state index in [4.69, 9.17) is 14.4 Å². The average molecular weight is 735 g/mol. The van der Waals surface area contributed by atoms with E-state index in [2.05, 4.69) is 20.1 Å². The molecule has 15 heteroatoms. The van der Waals surface area contributed by atoms with Crippen molar-refractivity contribution < 1.29 is 43.1 Å². The predicted octanol–water partition coefficient (Wildman–Crippen LogP) is 3.07. The summed E-state index contributed by atoms with van der Waals surface area (Å²) >= 11 is 0. The molecule has 4 aromatic rings. The number of ether oxygens (including phenoxy) is 3. The summed E-state index contributed by atoms with van der Waals surface area (Å²) in [6.07, 6.45) is 0. The van der Waals surface area contributed by atoms with Gasteiger partial charge in [0, 0.05) is 13.1 Å². The summed E-state index contributed by atoms with van der Waals surface area (Å²) in [6, 6.07) is 22.8. The van der Waals surface area contributed by atoms with Gasteiger partial charge in [-0.3, -0.25) is 19.2 Å². The van der Waals surface area contributed by atoms with Crippen LogP contribution in [0.2, 0.25) is 0 Å². The zero-order valence-electron chi connectivity index (χ0n) is 30.7. The van der Waals surface area contributed by atoms with Gasteiger partial charge < -0.3 is 34.5 Å². The number of hydrogen-bond acceptors (Lipinski definition) is 11. The normalized spacial score (nSPS) is 9.92. The molecule has 0 unspecified atom stereocenters. The number of nitrogens with zero attached hydrogens (tertiary/aromatic N) is 2. The van der Waals surface area contributed by atoms with Crippen LogP contribution in [0.5, 0.6) is 0 Å². The number of esters is 2. The summed E-state index contributed by atoms with van der Waals surface area (Å²) < 4.78 is 16.3. The molecule has 4 rings (SSSR count). The Balaban J connectivity index is 0.00000235. The fourth-order valence-corrected chi connectivity index (χ4v) is 4.35. The van der Waals surface area contributed by atoms with E-state index in [1.165, 1.54) is 24.3 Å². The number of methoxy groups -OCH3 is 2. The molecule has 2 aromatic heterocycles. The molecule has 284 valence electrons. The van der Waals surface area contributed by atoms with Gasteiger partial charge in [0.15, 0.2) is 0 Å². The number of rotatable bonds is 16. The minimum absolute atomic E-state index is 0.0280. The van der Waals surface area contributed by atoms with Crippen molar-refractivity contribution in [2.45, 2.75) is 40.9 Å². The molecule has 0 fully saturated rings. The third-order valence-electron chi connectivity index (χ3n) is 6.83. The molecule has 0 bridgehead atoms. The molecular formula is C38H46N4O11. The van der Waals surface area contributed by atoms with Gasteiger partial charge >= 0.3 is 11.9 Å². The summed E-state index contributed by atoms with van der Waals surface area (Å²) in [4.78, 5) is 87.2. The van der Waals surface area contributed by atoms with Crippen LogP contribution in [0.4, 0.5) is 0 Å². The third kappa shape index (κ3) is 12.5. The van der Waals surface area contributed by atoms with E-state index in [0.717, 1.165) is 34.8 Å². The second-order valence-electron chi connectivity index (χ2n) is 10.1. The topological polar surface area (TPSA) is 182 Å². The Morgan fingerprint density at radius 1 is 0.547 bits per heavy atom. The summed E-state index contributed by atoms with van der Waals surface area (Å²) in [6.45, 7) is 8.03. The molecule has 15 nitrogen and oxygen atoms in total. The minimum atomic E-state index is -0.879.